The monoisotopic (exact) mass is 293 g/mol. The summed E-state index contributed by atoms with van der Waals surface area (Å²) in [5, 5.41) is 2.62. The molecule has 0 unspecified atom stereocenters. The van der Waals surface area contributed by atoms with Crippen LogP contribution in [0, 0.1) is 0 Å². The number of hydrogen-bond donors (Lipinski definition) is 1. The number of benzene rings is 1. The molecule has 4 nitrogen and oxygen atoms in total. The highest BCUT2D eigenvalue weighted by molar-refractivity contribution is 6.32. The van der Waals surface area contributed by atoms with Gasteiger partial charge < -0.3 is 14.8 Å². The number of amides is 1. The lowest BCUT2D eigenvalue weighted by atomic mass is 9.90. The van der Waals surface area contributed by atoms with Gasteiger partial charge in [-0.25, -0.2) is 4.79 Å². The van der Waals surface area contributed by atoms with Gasteiger partial charge in [-0.15, -0.1) is 11.6 Å². The summed E-state index contributed by atoms with van der Waals surface area (Å²) in [4.78, 5) is 21.8. The van der Waals surface area contributed by atoms with Gasteiger partial charge in [0.25, 0.3) is 0 Å². The number of alkyl halides is 1. The molecule has 0 bridgehead atoms. The Labute approximate surface area is 122 Å². The van der Waals surface area contributed by atoms with Gasteiger partial charge >= 0.3 is 6.09 Å². The number of ether oxygens (including phenoxy) is 1. The van der Waals surface area contributed by atoms with Gasteiger partial charge in [0.15, 0.2) is 0 Å². The van der Waals surface area contributed by atoms with Crippen molar-refractivity contribution in [2.24, 2.45) is 0 Å². The Morgan fingerprint density at radius 2 is 2.20 bits per heavy atom. The zero-order valence-corrected chi connectivity index (χ0v) is 11.7. The van der Waals surface area contributed by atoms with Crippen LogP contribution in [-0.2, 0) is 16.1 Å². The number of carbonyl (C=O) groups is 2. The molecule has 0 heterocycles. The van der Waals surface area contributed by atoms with E-state index in [2.05, 4.69) is 5.32 Å². The van der Waals surface area contributed by atoms with E-state index in [-0.39, 0.29) is 6.61 Å². The highest BCUT2D eigenvalue weighted by atomic mass is 35.5. The molecule has 5 heteroatoms. The van der Waals surface area contributed by atoms with Gasteiger partial charge in [0.2, 0.25) is 0 Å². The van der Waals surface area contributed by atoms with Crippen LogP contribution in [0.3, 0.4) is 0 Å². The van der Waals surface area contributed by atoms with Gasteiger partial charge in [-0.1, -0.05) is 42.5 Å². The third-order valence-corrected chi connectivity index (χ3v) is 3.73. The molecule has 1 aromatic carbocycles. The molecule has 0 spiro atoms. The maximum absolute atomic E-state index is 11.7. The van der Waals surface area contributed by atoms with E-state index in [1.165, 1.54) is 0 Å². The summed E-state index contributed by atoms with van der Waals surface area (Å²) in [5.41, 5.74) is 0.898. The molecule has 1 amide bonds. The standard InChI is InChI=1S/C15H16ClNO3/c16-15(11-18)9-5-4-8-13(15)17-14(19)20-10-12-6-2-1-3-7-12/h1-4,6-8,11,13H,5,9-10H2,(H,17,19)/t13-,15+/m0/s1. The van der Waals surface area contributed by atoms with Gasteiger partial charge in [0, 0.05) is 0 Å². The maximum Gasteiger partial charge on any atom is 0.408 e. The summed E-state index contributed by atoms with van der Waals surface area (Å²) in [6, 6.07) is 8.82. The van der Waals surface area contributed by atoms with Crippen LogP contribution in [-0.4, -0.2) is 23.3 Å². The largest absolute Gasteiger partial charge is 0.445 e. The number of alkyl carbamates (subject to hydrolysis) is 1. The van der Waals surface area contributed by atoms with Crippen molar-refractivity contribution < 1.29 is 14.3 Å². The molecule has 0 saturated carbocycles. The second-order valence-corrected chi connectivity index (χ2v) is 5.40. The zero-order chi connectivity index (χ0) is 14.4. The third-order valence-electron chi connectivity index (χ3n) is 3.22. The van der Waals surface area contributed by atoms with E-state index in [4.69, 9.17) is 16.3 Å². The molecule has 0 aromatic heterocycles. The molecular weight excluding hydrogens is 278 g/mol. The van der Waals surface area contributed by atoms with Gasteiger partial charge in [-0.2, -0.15) is 0 Å². The molecule has 20 heavy (non-hydrogen) atoms. The van der Waals surface area contributed by atoms with E-state index in [9.17, 15) is 9.59 Å². The maximum atomic E-state index is 11.7. The lowest BCUT2D eigenvalue weighted by molar-refractivity contribution is -0.110. The van der Waals surface area contributed by atoms with Crippen LogP contribution in [0.5, 0.6) is 0 Å². The lowest BCUT2D eigenvalue weighted by Gasteiger charge is -2.31. The van der Waals surface area contributed by atoms with E-state index >= 15 is 0 Å². The van der Waals surface area contributed by atoms with Crippen LogP contribution < -0.4 is 5.32 Å². The predicted octanol–water partition coefficient (Wildman–Crippen LogP) is 2.81. The summed E-state index contributed by atoms with van der Waals surface area (Å²) in [7, 11) is 0. The second-order valence-electron chi connectivity index (χ2n) is 4.70. The van der Waals surface area contributed by atoms with Crippen molar-refractivity contribution in [3.05, 3.63) is 48.0 Å². The molecule has 106 valence electrons. The zero-order valence-electron chi connectivity index (χ0n) is 10.9. The SMILES string of the molecule is O=C[C@]1(Cl)CCC=C[C@@H]1NC(=O)OCc1ccccc1. The Morgan fingerprint density at radius 3 is 2.90 bits per heavy atom. The molecule has 2 rings (SSSR count). The summed E-state index contributed by atoms with van der Waals surface area (Å²) in [6.45, 7) is 0.180. The molecule has 0 saturated heterocycles. The molecule has 1 aliphatic rings. The Bertz CT molecular complexity index is 503. The molecule has 0 radical (unpaired) electrons. The highest BCUT2D eigenvalue weighted by Crippen LogP contribution is 2.28. The Kier molecular flexibility index (Phi) is 4.79. The van der Waals surface area contributed by atoms with Crippen LogP contribution in [0.1, 0.15) is 18.4 Å². The van der Waals surface area contributed by atoms with Crippen LogP contribution in [0.25, 0.3) is 0 Å². The summed E-state index contributed by atoms with van der Waals surface area (Å²) < 4.78 is 5.11. The minimum atomic E-state index is -1.08. The van der Waals surface area contributed by atoms with Crippen molar-refractivity contribution in [1.82, 2.24) is 5.32 Å². The number of carbonyl (C=O) groups excluding carboxylic acids is 2. The second kappa shape index (κ2) is 6.57. The number of nitrogens with one attached hydrogen (secondary N) is 1. The summed E-state index contributed by atoms with van der Waals surface area (Å²) >= 11 is 6.20. The van der Waals surface area contributed by atoms with Gasteiger partial charge in [-0.05, 0) is 18.4 Å². The first-order valence-corrected chi connectivity index (χ1v) is 6.81. The van der Waals surface area contributed by atoms with Crippen LogP contribution >= 0.6 is 11.6 Å². The Morgan fingerprint density at radius 1 is 1.45 bits per heavy atom. The molecule has 1 N–H and O–H groups in total. The quantitative estimate of drug-likeness (QED) is 0.527. The fourth-order valence-electron chi connectivity index (χ4n) is 2.04. The Hall–Kier alpha value is -1.81. The number of aldehydes is 1. The topological polar surface area (TPSA) is 55.4 Å². The van der Waals surface area contributed by atoms with Crippen LogP contribution in [0.2, 0.25) is 0 Å². The van der Waals surface area contributed by atoms with Crippen molar-refractivity contribution in [3.63, 3.8) is 0 Å². The molecular formula is C15H16ClNO3. The van der Waals surface area contributed by atoms with Crippen molar-refractivity contribution >= 4 is 24.0 Å². The predicted molar refractivity (Wildman–Crippen MR) is 76.6 cm³/mol. The van der Waals surface area contributed by atoms with Gasteiger partial charge in [0.05, 0.1) is 6.04 Å². The average Bonchev–Trinajstić information content (AvgIpc) is 2.49. The third kappa shape index (κ3) is 3.61. The van der Waals surface area contributed by atoms with E-state index in [0.717, 1.165) is 12.0 Å². The smallest absolute Gasteiger partial charge is 0.408 e. The fraction of sp³-hybridized carbons (Fsp3) is 0.333. The number of halogens is 1. The minimum Gasteiger partial charge on any atom is -0.445 e. The van der Waals surface area contributed by atoms with E-state index in [0.29, 0.717) is 12.7 Å². The number of rotatable bonds is 4. The van der Waals surface area contributed by atoms with Gasteiger partial charge in [-0.3, -0.25) is 0 Å². The first-order chi connectivity index (χ1) is 9.64. The molecule has 1 aliphatic carbocycles. The number of allylic oxidation sites excluding steroid dienone is 1. The first kappa shape index (κ1) is 14.6. The van der Waals surface area contributed by atoms with Crippen molar-refractivity contribution in [3.8, 4) is 0 Å². The lowest BCUT2D eigenvalue weighted by Crippen LogP contribution is -2.50. The van der Waals surface area contributed by atoms with Crippen molar-refractivity contribution in [2.75, 3.05) is 0 Å². The molecule has 0 aliphatic heterocycles. The normalized spacial score (nSPS) is 24.9. The molecule has 2 atom stereocenters. The summed E-state index contributed by atoms with van der Waals surface area (Å²) in [5.74, 6) is 0. The van der Waals surface area contributed by atoms with Crippen LogP contribution in [0.15, 0.2) is 42.5 Å². The minimum absolute atomic E-state index is 0.180. The highest BCUT2D eigenvalue weighted by Gasteiger charge is 2.37. The first-order valence-electron chi connectivity index (χ1n) is 6.43. The number of hydrogen-bond acceptors (Lipinski definition) is 3. The Balaban J connectivity index is 1.89. The van der Waals surface area contributed by atoms with Gasteiger partial charge in [0.1, 0.15) is 17.8 Å². The van der Waals surface area contributed by atoms with E-state index < -0.39 is 17.0 Å². The van der Waals surface area contributed by atoms with Crippen molar-refractivity contribution in [1.29, 1.82) is 0 Å². The van der Waals surface area contributed by atoms with Crippen LogP contribution in [0.4, 0.5) is 4.79 Å². The van der Waals surface area contributed by atoms with E-state index in [1.54, 1.807) is 6.08 Å². The van der Waals surface area contributed by atoms with Crippen molar-refractivity contribution in [2.45, 2.75) is 30.4 Å². The van der Waals surface area contributed by atoms with E-state index in [1.807, 2.05) is 36.4 Å². The molecule has 1 aromatic rings. The average molecular weight is 294 g/mol. The molecule has 0 fully saturated rings. The fourth-order valence-corrected chi connectivity index (χ4v) is 2.28. The summed E-state index contributed by atoms with van der Waals surface area (Å²) in [6.07, 6.45) is 4.94.